The standard InChI is InChI=1S/C14H21ClN4.HI/c1-5-7-8-17-14(16-6-2)19(4)11-13-9-12(15)10-18(13)3;/h1,9-10H,6-8,11H2,2-4H3,(H,16,17);1H. The van der Waals surface area contributed by atoms with Gasteiger partial charge in [0.05, 0.1) is 18.1 Å². The Morgan fingerprint density at radius 3 is 2.80 bits per heavy atom. The number of nitrogens with zero attached hydrogens (tertiary/aromatic N) is 3. The second kappa shape index (κ2) is 9.94. The van der Waals surface area contributed by atoms with Crippen molar-refractivity contribution in [1.29, 1.82) is 0 Å². The molecule has 1 aromatic rings. The molecule has 0 aromatic carbocycles. The molecular weight excluding hydrogens is 387 g/mol. The van der Waals surface area contributed by atoms with Crippen molar-refractivity contribution < 1.29 is 0 Å². The van der Waals surface area contributed by atoms with Crippen LogP contribution in [0, 0.1) is 12.3 Å². The van der Waals surface area contributed by atoms with Crippen molar-refractivity contribution in [3.8, 4) is 12.3 Å². The molecule has 1 heterocycles. The maximum absolute atomic E-state index is 5.98. The van der Waals surface area contributed by atoms with Gasteiger partial charge < -0.3 is 14.8 Å². The Morgan fingerprint density at radius 2 is 2.30 bits per heavy atom. The van der Waals surface area contributed by atoms with Crippen LogP contribution in [0.3, 0.4) is 0 Å². The van der Waals surface area contributed by atoms with Gasteiger partial charge in [-0.1, -0.05) is 11.6 Å². The zero-order valence-electron chi connectivity index (χ0n) is 12.2. The van der Waals surface area contributed by atoms with E-state index in [0.717, 1.165) is 29.8 Å². The molecule has 0 saturated carbocycles. The average Bonchev–Trinajstić information content (AvgIpc) is 2.67. The molecular formula is C14H22ClIN4. The molecule has 0 aliphatic rings. The monoisotopic (exact) mass is 408 g/mol. The highest BCUT2D eigenvalue weighted by Gasteiger charge is 2.09. The van der Waals surface area contributed by atoms with E-state index in [4.69, 9.17) is 18.0 Å². The molecule has 20 heavy (non-hydrogen) atoms. The Bertz CT molecular complexity index is 476. The summed E-state index contributed by atoms with van der Waals surface area (Å²) < 4.78 is 2.02. The number of terminal acetylenes is 1. The van der Waals surface area contributed by atoms with E-state index in [2.05, 4.69) is 21.1 Å². The van der Waals surface area contributed by atoms with Crippen molar-refractivity contribution in [2.45, 2.75) is 19.9 Å². The number of hydrogen-bond donors (Lipinski definition) is 1. The van der Waals surface area contributed by atoms with E-state index in [9.17, 15) is 0 Å². The number of nitrogens with one attached hydrogen (secondary N) is 1. The first-order valence-corrected chi connectivity index (χ1v) is 6.70. The zero-order chi connectivity index (χ0) is 14.3. The van der Waals surface area contributed by atoms with Crippen LogP contribution in [-0.2, 0) is 13.6 Å². The van der Waals surface area contributed by atoms with Crippen LogP contribution < -0.4 is 5.32 Å². The Kier molecular flexibility index (Phi) is 9.51. The third-order valence-electron chi connectivity index (χ3n) is 2.69. The highest BCUT2D eigenvalue weighted by atomic mass is 127. The minimum atomic E-state index is 0. The molecule has 112 valence electrons. The van der Waals surface area contributed by atoms with Crippen LogP contribution in [0.15, 0.2) is 17.3 Å². The van der Waals surface area contributed by atoms with Crippen molar-refractivity contribution in [3.05, 3.63) is 23.0 Å². The molecule has 0 fully saturated rings. The predicted molar refractivity (Wildman–Crippen MR) is 96.7 cm³/mol. The zero-order valence-corrected chi connectivity index (χ0v) is 15.3. The van der Waals surface area contributed by atoms with E-state index >= 15 is 0 Å². The van der Waals surface area contributed by atoms with Gasteiger partial charge in [-0.2, -0.15) is 0 Å². The summed E-state index contributed by atoms with van der Waals surface area (Å²) in [6, 6.07) is 1.96. The van der Waals surface area contributed by atoms with Crippen molar-refractivity contribution in [3.63, 3.8) is 0 Å². The van der Waals surface area contributed by atoms with Crippen LogP contribution in [0.4, 0.5) is 0 Å². The van der Waals surface area contributed by atoms with E-state index in [1.165, 1.54) is 0 Å². The number of rotatable bonds is 5. The van der Waals surface area contributed by atoms with Crippen molar-refractivity contribution in [1.82, 2.24) is 14.8 Å². The first-order chi connectivity index (χ1) is 9.08. The van der Waals surface area contributed by atoms with Gasteiger partial charge in [-0.15, -0.1) is 36.3 Å². The van der Waals surface area contributed by atoms with Gasteiger partial charge in [0.1, 0.15) is 0 Å². The van der Waals surface area contributed by atoms with Crippen LogP contribution in [0.2, 0.25) is 5.02 Å². The number of aliphatic imine (C=N–C) groups is 1. The van der Waals surface area contributed by atoms with Crippen molar-refractivity contribution in [2.24, 2.45) is 12.0 Å². The van der Waals surface area contributed by atoms with Gasteiger partial charge >= 0.3 is 0 Å². The normalized spacial score (nSPS) is 10.7. The number of halogens is 2. The molecule has 0 unspecified atom stereocenters. The molecule has 1 rings (SSSR count). The van der Waals surface area contributed by atoms with Gasteiger partial charge in [-0.05, 0) is 13.0 Å². The lowest BCUT2D eigenvalue weighted by atomic mass is 10.4. The minimum absolute atomic E-state index is 0. The number of guanidine groups is 1. The van der Waals surface area contributed by atoms with Gasteiger partial charge in [-0.3, -0.25) is 4.99 Å². The topological polar surface area (TPSA) is 32.6 Å². The molecule has 0 aliphatic carbocycles. The quantitative estimate of drug-likeness (QED) is 0.267. The van der Waals surface area contributed by atoms with Crippen molar-refractivity contribution in [2.75, 3.05) is 20.1 Å². The average molecular weight is 409 g/mol. The molecule has 0 saturated heterocycles. The van der Waals surface area contributed by atoms with E-state index in [1.54, 1.807) is 0 Å². The van der Waals surface area contributed by atoms with E-state index in [-0.39, 0.29) is 24.0 Å². The van der Waals surface area contributed by atoms with Gasteiger partial charge in [0.15, 0.2) is 5.96 Å². The summed E-state index contributed by atoms with van der Waals surface area (Å²) in [5.41, 5.74) is 1.13. The third-order valence-corrected chi connectivity index (χ3v) is 2.89. The predicted octanol–water partition coefficient (Wildman–Crippen LogP) is 2.72. The van der Waals surface area contributed by atoms with Crippen molar-refractivity contribution >= 4 is 41.5 Å². The van der Waals surface area contributed by atoms with Crippen LogP contribution in [0.5, 0.6) is 0 Å². The number of hydrogen-bond acceptors (Lipinski definition) is 1. The molecule has 1 aromatic heterocycles. The van der Waals surface area contributed by atoms with Crippen LogP contribution in [0.1, 0.15) is 19.0 Å². The van der Waals surface area contributed by atoms with E-state index < -0.39 is 0 Å². The van der Waals surface area contributed by atoms with Crippen LogP contribution >= 0.6 is 35.6 Å². The largest absolute Gasteiger partial charge is 0.357 e. The summed E-state index contributed by atoms with van der Waals surface area (Å²) >= 11 is 5.98. The van der Waals surface area contributed by atoms with Gasteiger partial charge in [0.25, 0.3) is 0 Å². The second-order valence-electron chi connectivity index (χ2n) is 4.31. The molecule has 0 aliphatic heterocycles. The Morgan fingerprint density at radius 1 is 1.60 bits per heavy atom. The Labute approximate surface area is 143 Å². The summed E-state index contributed by atoms with van der Waals surface area (Å²) in [5.74, 6) is 3.45. The number of aryl methyl sites for hydroxylation is 1. The molecule has 1 N–H and O–H groups in total. The Hall–Kier alpha value is -0.870. The first kappa shape index (κ1) is 19.1. The maximum atomic E-state index is 5.98. The lowest BCUT2D eigenvalue weighted by Gasteiger charge is -2.22. The van der Waals surface area contributed by atoms with Crippen LogP contribution in [-0.4, -0.2) is 35.6 Å². The van der Waals surface area contributed by atoms with Gasteiger partial charge in [0, 0.05) is 39.0 Å². The molecule has 0 atom stereocenters. The molecule has 0 radical (unpaired) electrons. The molecule has 4 nitrogen and oxygen atoms in total. The lowest BCUT2D eigenvalue weighted by Crippen LogP contribution is -2.38. The highest BCUT2D eigenvalue weighted by molar-refractivity contribution is 14.0. The third kappa shape index (κ3) is 6.06. The number of aromatic nitrogens is 1. The van der Waals surface area contributed by atoms with Crippen LogP contribution in [0.25, 0.3) is 0 Å². The summed E-state index contributed by atoms with van der Waals surface area (Å²) in [5, 5.41) is 4.00. The van der Waals surface area contributed by atoms with E-state index in [0.29, 0.717) is 13.0 Å². The smallest absolute Gasteiger partial charge is 0.194 e. The lowest BCUT2D eigenvalue weighted by molar-refractivity contribution is 0.462. The van der Waals surface area contributed by atoms with E-state index in [1.807, 2.05) is 37.8 Å². The Balaban J connectivity index is 0.00000361. The van der Waals surface area contributed by atoms with Gasteiger partial charge in [0.2, 0.25) is 0 Å². The SMILES string of the molecule is C#CCCN=C(NCC)N(C)Cc1cc(Cl)cn1C.I. The highest BCUT2D eigenvalue weighted by Crippen LogP contribution is 2.14. The fourth-order valence-electron chi connectivity index (χ4n) is 1.74. The fraction of sp³-hybridized carbons (Fsp3) is 0.500. The summed E-state index contributed by atoms with van der Waals surface area (Å²) in [4.78, 5) is 6.54. The molecule has 0 bridgehead atoms. The van der Waals surface area contributed by atoms with Gasteiger partial charge in [-0.25, -0.2) is 0 Å². The summed E-state index contributed by atoms with van der Waals surface area (Å²) in [7, 11) is 3.98. The second-order valence-corrected chi connectivity index (χ2v) is 4.74. The molecule has 0 amide bonds. The molecule has 6 heteroatoms. The summed E-state index contributed by atoms with van der Waals surface area (Å²) in [6.45, 7) is 4.25. The summed E-state index contributed by atoms with van der Waals surface area (Å²) in [6.07, 6.45) is 7.79. The maximum Gasteiger partial charge on any atom is 0.194 e. The molecule has 0 spiro atoms. The first-order valence-electron chi connectivity index (χ1n) is 6.32. The fourth-order valence-corrected chi connectivity index (χ4v) is 2.01. The minimum Gasteiger partial charge on any atom is -0.357 e.